The fourth-order valence-corrected chi connectivity index (χ4v) is 3.63. The molecule has 0 bridgehead atoms. The van der Waals surface area contributed by atoms with Crippen molar-refractivity contribution in [3.63, 3.8) is 0 Å². The third kappa shape index (κ3) is 5.66. The van der Waals surface area contributed by atoms with Crippen LogP contribution in [0.25, 0.3) is 28.2 Å². The van der Waals surface area contributed by atoms with Gasteiger partial charge < -0.3 is 5.32 Å². The van der Waals surface area contributed by atoms with Crippen molar-refractivity contribution >= 4 is 28.8 Å². The number of pyridine rings is 1. The Kier molecular flexibility index (Phi) is 6.84. The highest BCUT2D eigenvalue weighted by Gasteiger charge is 2.37. The fraction of sp³-hybridized carbons (Fsp3) is 0.217. The zero-order chi connectivity index (χ0) is 27.1. The number of carbonyl (C=O) groups is 1. The molecular weight excluding hydrogens is 531 g/mol. The first kappa shape index (κ1) is 26.3. The maximum Gasteiger partial charge on any atom is 0.434 e. The van der Waals surface area contributed by atoms with Crippen molar-refractivity contribution in [2.24, 2.45) is 5.92 Å². The molecule has 1 aromatic carbocycles. The van der Waals surface area contributed by atoms with Crippen molar-refractivity contribution in [3.05, 3.63) is 65.3 Å². The van der Waals surface area contributed by atoms with E-state index in [0.717, 1.165) is 29.8 Å². The lowest BCUT2D eigenvalue weighted by atomic mass is 10.1. The minimum Gasteiger partial charge on any atom is -0.325 e. The van der Waals surface area contributed by atoms with Crippen molar-refractivity contribution in [1.29, 1.82) is 0 Å². The van der Waals surface area contributed by atoms with Crippen LogP contribution in [0, 0.1) is 11.7 Å². The standard InChI is InChI=1S/C23H15ClF7N5O/c1-11(22(26,27)28)7-20(37)34-17-8-13(15(25)9-14(17)24)18-10-36-19(33-18)5-4-16(35-36)12-3-2-6-32-21(12)23(29,30)31/h2-6,8-11H,7H2,1H3,(H,34,37). The summed E-state index contributed by atoms with van der Waals surface area (Å²) in [6, 6.07) is 7.14. The molecule has 3 heterocycles. The number of hydrogen-bond acceptors (Lipinski definition) is 4. The van der Waals surface area contributed by atoms with Gasteiger partial charge in [-0.25, -0.2) is 13.9 Å². The van der Waals surface area contributed by atoms with Gasteiger partial charge in [-0.2, -0.15) is 31.4 Å². The first-order chi connectivity index (χ1) is 17.2. The Morgan fingerprint density at radius 2 is 1.81 bits per heavy atom. The SMILES string of the molecule is CC(CC(=O)Nc1cc(-c2cn3nc(-c4cccnc4C(F)(F)F)ccc3n2)c(F)cc1Cl)C(F)(F)F. The summed E-state index contributed by atoms with van der Waals surface area (Å²) in [6.07, 6.45) is -7.93. The van der Waals surface area contributed by atoms with E-state index in [2.05, 4.69) is 20.4 Å². The van der Waals surface area contributed by atoms with Crippen LogP contribution in [0.4, 0.5) is 36.4 Å². The van der Waals surface area contributed by atoms with Crippen LogP contribution in [0.5, 0.6) is 0 Å². The average Bonchev–Trinajstić information content (AvgIpc) is 3.22. The first-order valence-electron chi connectivity index (χ1n) is 10.5. The van der Waals surface area contributed by atoms with Crippen LogP contribution < -0.4 is 5.32 Å². The monoisotopic (exact) mass is 545 g/mol. The number of benzene rings is 1. The predicted molar refractivity (Wildman–Crippen MR) is 120 cm³/mol. The van der Waals surface area contributed by atoms with Gasteiger partial charge >= 0.3 is 12.4 Å². The topological polar surface area (TPSA) is 72.2 Å². The Morgan fingerprint density at radius 3 is 2.49 bits per heavy atom. The molecule has 1 amide bonds. The van der Waals surface area contributed by atoms with Crippen LogP contribution in [0.15, 0.2) is 48.8 Å². The molecule has 4 rings (SSSR count). The quantitative estimate of drug-likeness (QED) is 0.280. The molecule has 0 saturated heterocycles. The number of anilines is 1. The van der Waals surface area contributed by atoms with Crippen molar-refractivity contribution < 1.29 is 35.5 Å². The largest absolute Gasteiger partial charge is 0.434 e. The Bertz CT molecular complexity index is 1480. The smallest absolute Gasteiger partial charge is 0.325 e. The van der Waals surface area contributed by atoms with Crippen molar-refractivity contribution in [2.75, 3.05) is 5.32 Å². The van der Waals surface area contributed by atoms with Gasteiger partial charge in [0.2, 0.25) is 5.91 Å². The van der Waals surface area contributed by atoms with Crippen LogP contribution in [-0.2, 0) is 11.0 Å². The number of aromatic nitrogens is 4. The summed E-state index contributed by atoms with van der Waals surface area (Å²) in [5.74, 6) is -3.76. The molecule has 4 aromatic rings. The second-order valence-corrected chi connectivity index (χ2v) is 8.46. The summed E-state index contributed by atoms with van der Waals surface area (Å²) in [4.78, 5) is 19.7. The summed E-state index contributed by atoms with van der Waals surface area (Å²) in [5, 5.41) is 6.11. The molecule has 14 heteroatoms. The van der Waals surface area contributed by atoms with Crippen molar-refractivity contribution in [3.8, 4) is 22.5 Å². The van der Waals surface area contributed by atoms with Gasteiger partial charge in [0, 0.05) is 23.7 Å². The van der Waals surface area contributed by atoms with E-state index in [4.69, 9.17) is 11.6 Å². The molecule has 0 spiro atoms. The number of hydrogen-bond donors (Lipinski definition) is 1. The number of nitrogens with zero attached hydrogens (tertiary/aromatic N) is 4. The molecule has 0 fully saturated rings. The number of amides is 1. The number of alkyl halides is 6. The Morgan fingerprint density at radius 1 is 1.08 bits per heavy atom. The second-order valence-electron chi connectivity index (χ2n) is 8.05. The predicted octanol–water partition coefficient (Wildman–Crippen LogP) is 6.80. The molecule has 3 aromatic heterocycles. The lowest BCUT2D eigenvalue weighted by Crippen LogP contribution is -2.25. The lowest BCUT2D eigenvalue weighted by molar-refractivity contribution is -0.173. The summed E-state index contributed by atoms with van der Waals surface area (Å²) >= 11 is 5.97. The lowest BCUT2D eigenvalue weighted by Gasteiger charge is -2.15. The van der Waals surface area contributed by atoms with E-state index in [-0.39, 0.29) is 38.9 Å². The zero-order valence-corrected chi connectivity index (χ0v) is 19.4. The molecule has 0 aliphatic carbocycles. The summed E-state index contributed by atoms with van der Waals surface area (Å²) in [7, 11) is 0. The number of imidazole rings is 1. The van der Waals surface area contributed by atoms with Gasteiger partial charge in [-0.3, -0.25) is 9.78 Å². The van der Waals surface area contributed by atoms with Crippen molar-refractivity contribution in [2.45, 2.75) is 25.7 Å². The third-order valence-corrected chi connectivity index (χ3v) is 5.64. The van der Waals surface area contributed by atoms with E-state index in [9.17, 15) is 35.5 Å². The molecule has 1 unspecified atom stereocenters. The maximum absolute atomic E-state index is 14.7. The minimum atomic E-state index is -4.72. The number of nitrogens with one attached hydrogen (secondary N) is 1. The molecule has 1 atom stereocenters. The van der Waals surface area contributed by atoms with Gasteiger partial charge in [-0.05, 0) is 36.4 Å². The van der Waals surface area contributed by atoms with E-state index < -0.39 is 42.1 Å². The highest BCUT2D eigenvalue weighted by atomic mass is 35.5. The normalized spacial score (nSPS) is 13.1. The molecule has 6 nitrogen and oxygen atoms in total. The Balaban J connectivity index is 1.68. The van der Waals surface area contributed by atoms with Crippen LogP contribution in [0.1, 0.15) is 19.0 Å². The minimum absolute atomic E-state index is 0.0137. The molecule has 37 heavy (non-hydrogen) atoms. The van der Waals surface area contributed by atoms with E-state index in [1.807, 2.05) is 0 Å². The zero-order valence-electron chi connectivity index (χ0n) is 18.6. The summed E-state index contributed by atoms with van der Waals surface area (Å²) in [6.45, 7) is 0.846. The molecule has 0 saturated carbocycles. The number of fused-ring (bicyclic) bond motifs is 1. The van der Waals surface area contributed by atoms with E-state index in [1.165, 1.54) is 30.5 Å². The third-order valence-electron chi connectivity index (χ3n) is 5.33. The molecule has 0 aliphatic rings. The number of carbonyl (C=O) groups excluding carboxylic acids is 1. The fourth-order valence-electron chi connectivity index (χ4n) is 3.43. The maximum atomic E-state index is 14.7. The van der Waals surface area contributed by atoms with E-state index in [1.54, 1.807) is 0 Å². The van der Waals surface area contributed by atoms with Gasteiger partial charge in [0.05, 0.1) is 34.2 Å². The van der Waals surface area contributed by atoms with Crippen LogP contribution in [0.2, 0.25) is 5.02 Å². The highest BCUT2D eigenvalue weighted by molar-refractivity contribution is 6.33. The molecule has 0 aliphatic heterocycles. The van der Waals surface area contributed by atoms with Crippen LogP contribution in [-0.4, -0.2) is 31.7 Å². The summed E-state index contributed by atoms with van der Waals surface area (Å²) in [5.41, 5.74) is -1.65. The molecule has 1 N–H and O–H groups in total. The van der Waals surface area contributed by atoms with Gasteiger partial charge in [-0.1, -0.05) is 18.5 Å². The van der Waals surface area contributed by atoms with E-state index in [0.29, 0.717) is 0 Å². The Labute approximate surface area is 209 Å². The molecule has 0 radical (unpaired) electrons. The Hall–Kier alpha value is -3.74. The number of rotatable bonds is 5. The molecule has 194 valence electrons. The van der Waals surface area contributed by atoms with Gasteiger partial charge in [0.1, 0.15) is 5.82 Å². The molecular formula is C23H15ClF7N5O. The van der Waals surface area contributed by atoms with Gasteiger partial charge in [0.25, 0.3) is 0 Å². The van der Waals surface area contributed by atoms with Crippen LogP contribution in [0.3, 0.4) is 0 Å². The first-order valence-corrected chi connectivity index (χ1v) is 10.9. The average molecular weight is 546 g/mol. The second kappa shape index (κ2) is 9.61. The van der Waals surface area contributed by atoms with Gasteiger partial charge in [0.15, 0.2) is 11.3 Å². The number of halogens is 8. The summed E-state index contributed by atoms with van der Waals surface area (Å²) < 4.78 is 94.2. The highest BCUT2D eigenvalue weighted by Crippen LogP contribution is 2.36. The van der Waals surface area contributed by atoms with E-state index >= 15 is 0 Å². The van der Waals surface area contributed by atoms with Gasteiger partial charge in [-0.15, -0.1) is 0 Å². The van der Waals surface area contributed by atoms with Crippen LogP contribution >= 0.6 is 11.6 Å². The van der Waals surface area contributed by atoms with Crippen molar-refractivity contribution in [1.82, 2.24) is 19.6 Å².